The lowest BCUT2D eigenvalue weighted by atomic mass is 10.3. The maximum absolute atomic E-state index is 12.8. The van der Waals surface area contributed by atoms with Crippen LogP contribution < -0.4 is 5.32 Å². The van der Waals surface area contributed by atoms with Crippen LogP contribution in [0.5, 0.6) is 0 Å². The summed E-state index contributed by atoms with van der Waals surface area (Å²) in [6.45, 7) is 3.05. The Morgan fingerprint density at radius 2 is 2.27 bits per heavy atom. The molecule has 84 valence electrons. The summed E-state index contributed by atoms with van der Waals surface area (Å²) in [5, 5.41) is 3.38. The van der Waals surface area contributed by atoms with Crippen LogP contribution in [-0.4, -0.2) is 18.1 Å². The largest absolute Gasteiger partial charge is 0.385 e. The first kappa shape index (κ1) is 12.7. The Morgan fingerprint density at radius 3 is 2.93 bits per heavy atom. The summed E-state index contributed by atoms with van der Waals surface area (Å²) in [5.74, 6) is 1.93. The Hall–Kier alpha value is -0.410. The molecule has 4 heteroatoms. The molecule has 0 amide bonds. The molecule has 1 aromatic carbocycles. The van der Waals surface area contributed by atoms with Crippen molar-refractivity contribution >= 4 is 29.1 Å². The summed E-state index contributed by atoms with van der Waals surface area (Å²) in [7, 11) is 0. The highest BCUT2D eigenvalue weighted by atomic mass is 35.5. The predicted molar refractivity (Wildman–Crippen MR) is 67.5 cm³/mol. The topological polar surface area (TPSA) is 12.0 Å². The van der Waals surface area contributed by atoms with Crippen LogP contribution in [0, 0.1) is 5.82 Å². The van der Waals surface area contributed by atoms with Gasteiger partial charge in [-0.15, -0.1) is 0 Å². The van der Waals surface area contributed by atoms with Crippen molar-refractivity contribution in [1.82, 2.24) is 0 Å². The van der Waals surface area contributed by atoms with E-state index in [0.29, 0.717) is 0 Å². The van der Waals surface area contributed by atoms with E-state index in [0.717, 1.165) is 30.2 Å². The van der Waals surface area contributed by atoms with Gasteiger partial charge in [-0.1, -0.05) is 18.5 Å². The van der Waals surface area contributed by atoms with Crippen molar-refractivity contribution in [2.45, 2.75) is 13.3 Å². The van der Waals surface area contributed by atoms with Crippen LogP contribution in [-0.2, 0) is 0 Å². The fourth-order valence-electron chi connectivity index (χ4n) is 1.16. The van der Waals surface area contributed by atoms with Crippen molar-refractivity contribution < 1.29 is 4.39 Å². The van der Waals surface area contributed by atoms with Crippen molar-refractivity contribution in [1.29, 1.82) is 0 Å². The van der Waals surface area contributed by atoms with Gasteiger partial charge in [-0.25, -0.2) is 4.39 Å². The maximum atomic E-state index is 12.8. The summed E-state index contributed by atoms with van der Waals surface area (Å²) in [5.41, 5.74) is 0.878. The van der Waals surface area contributed by atoms with Crippen LogP contribution in [0.4, 0.5) is 10.1 Å². The van der Waals surface area contributed by atoms with Gasteiger partial charge in [0.2, 0.25) is 0 Å². The number of hydrogen-bond acceptors (Lipinski definition) is 2. The number of halogens is 2. The molecule has 0 radical (unpaired) electrons. The normalized spacial score (nSPS) is 10.3. The molecule has 0 saturated carbocycles. The summed E-state index contributed by atoms with van der Waals surface area (Å²) in [6.07, 6.45) is 1.10. The molecule has 1 rings (SSSR count). The van der Waals surface area contributed by atoms with Gasteiger partial charge in [0.25, 0.3) is 0 Å². The molecule has 0 saturated heterocycles. The van der Waals surface area contributed by atoms with Crippen molar-refractivity contribution in [2.24, 2.45) is 0 Å². The summed E-state index contributed by atoms with van der Waals surface area (Å²) >= 11 is 7.58. The van der Waals surface area contributed by atoms with Crippen LogP contribution in [0.1, 0.15) is 13.3 Å². The van der Waals surface area contributed by atoms with E-state index < -0.39 is 0 Å². The highest BCUT2D eigenvalue weighted by Crippen LogP contribution is 2.19. The van der Waals surface area contributed by atoms with Gasteiger partial charge in [-0.3, -0.25) is 0 Å². The second kappa shape index (κ2) is 6.96. The number of thioether (sulfide) groups is 1. The highest BCUT2D eigenvalue weighted by molar-refractivity contribution is 7.99. The van der Waals surface area contributed by atoms with Crippen molar-refractivity contribution in [3.8, 4) is 0 Å². The molecule has 15 heavy (non-hydrogen) atoms. The smallest absolute Gasteiger partial charge is 0.141 e. The third-order valence-corrected chi connectivity index (χ3v) is 3.19. The van der Waals surface area contributed by atoms with E-state index in [1.807, 2.05) is 11.8 Å². The van der Waals surface area contributed by atoms with Crippen LogP contribution in [0.25, 0.3) is 0 Å². The molecule has 0 atom stereocenters. The van der Waals surface area contributed by atoms with Gasteiger partial charge in [0.1, 0.15) is 5.82 Å². The van der Waals surface area contributed by atoms with E-state index in [2.05, 4.69) is 12.2 Å². The Morgan fingerprint density at radius 1 is 1.47 bits per heavy atom. The Kier molecular flexibility index (Phi) is 5.88. The zero-order chi connectivity index (χ0) is 11.1. The molecule has 0 unspecified atom stereocenters. The van der Waals surface area contributed by atoms with Gasteiger partial charge < -0.3 is 5.32 Å². The minimum atomic E-state index is -0.372. The Labute approximate surface area is 99.4 Å². The molecular weight excluding hydrogens is 233 g/mol. The first-order chi connectivity index (χ1) is 7.24. The van der Waals surface area contributed by atoms with Gasteiger partial charge in [-0.05, 0) is 36.1 Å². The van der Waals surface area contributed by atoms with Crippen molar-refractivity contribution in [2.75, 3.05) is 23.4 Å². The van der Waals surface area contributed by atoms with Gasteiger partial charge in [-0.2, -0.15) is 11.8 Å². The van der Waals surface area contributed by atoms with Crippen LogP contribution in [0.2, 0.25) is 5.02 Å². The SMILES string of the molecule is CCSCCCNc1ccc(F)c(Cl)c1. The summed E-state index contributed by atoms with van der Waals surface area (Å²) in [4.78, 5) is 0. The molecule has 0 bridgehead atoms. The number of nitrogens with one attached hydrogen (secondary N) is 1. The van der Waals surface area contributed by atoms with Crippen LogP contribution >= 0.6 is 23.4 Å². The average molecular weight is 248 g/mol. The first-order valence-corrected chi connectivity index (χ1v) is 6.54. The number of rotatable bonds is 6. The summed E-state index contributed by atoms with van der Waals surface area (Å²) < 4.78 is 12.8. The van der Waals surface area contributed by atoms with Gasteiger partial charge in [0.15, 0.2) is 0 Å². The van der Waals surface area contributed by atoms with Crippen molar-refractivity contribution in [3.63, 3.8) is 0 Å². The number of anilines is 1. The zero-order valence-electron chi connectivity index (χ0n) is 8.72. The van der Waals surface area contributed by atoms with Crippen LogP contribution in [0.3, 0.4) is 0 Å². The second-order valence-electron chi connectivity index (χ2n) is 3.11. The van der Waals surface area contributed by atoms with E-state index >= 15 is 0 Å². The number of benzene rings is 1. The Balaban J connectivity index is 2.28. The fourth-order valence-corrected chi connectivity index (χ4v) is 1.98. The van der Waals surface area contributed by atoms with Crippen LogP contribution in [0.15, 0.2) is 18.2 Å². The lowest BCUT2D eigenvalue weighted by Gasteiger charge is -2.06. The number of hydrogen-bond donors (Lipinski definition) is 1. The lowest BCUT2D eigenvalue weighted by Crippen LogP contribution is -2.02. The third-order valence-electron chi connectivity index (χ3n) is 1.92. The zero-order valence-corrected chi connectivity index (χ0v) is 10.3. The molecular formula is C11H15ClFNS. The fraction of sp³-hybridized carbons (Fsp3) is 0.455. The average Bonchev–Trinajstić information content (AvgIpc) is 2.23. The molecule has 1 aromatic rings. The van der Waals surface area contributed by atoms with E-state index in [1.165, 1.54) is 6.07 Å². The maximum Gasteiger partial charge on any atom is 0.141 e. The third kappa shape index (κ3) is 4.76. The molecule has 0 heterocycles. The lowest BCUT2D eigenvalue weighted by molar-refractivity contribution is 0.628. The van der Waals surface area contributed by atoms with Gasteiger partial charge in [0.05, 0.1) is 5.02 Å². The highest BCUT2D eigenvalue weighted by Gasteiger charge is 1.99. The first-order valence-electron chi connectivity index (χ1n) is 5.00. The van der Waals surface area contributed by atoms with E-state index in [9.17, 15) is 4.39 Å². The van der Waals surface area contributed by atoms with E-state index in [4.69, 9.17) is 11.6 Å². The second-order valence-corrected chi connectivity index (χ2v) is 4.91. The van der Waals surface area contributed by atoms with E-state index in [-0.39, 0.29) is 10.8 Å². The monoisotopic (exact) mass is 247 g/mol. The molecule has 0 aliphatic carbocycles. The Bertz CT molecular complexity index is 307. The standard InChI is InChI=1S/C11H15ClFNS/c1-2-15-7-3-6-14-9-4-5-11(13)10(12)8-9/h4-5,8,14H,2-3,6-7H2,1H3. The molecule has 0 spiro atoms. The minimum Gasteiger partial charge on any atom is -0.385 e. The predicted octanol–water partition coefficient (Wildman–Crippen LogP) is 4.03. The molecule has 0 aliphatic heterocycles. The van der Waals surface area contributed by atoms with Crippen molar-refractivity contribution in [3.05, 3.63) is 29.0 Å². The minimum absolute atomic E-state index is 0.169. The molecule has 0 aliphatic rings. The molecule has 1 nitrogen and oxygen atoms in total. The molecule has 0 aromatic heterocycles. The summed E-state index contributed by atoms with van der Waals surface area (Å²) in [6, 6.07) is 4.70. The van der Waals surface area contributed by atoms with Gasteiger partial charge in [0, 0.05) is 12.2 Å². The van der Waals surface area contributed by atoms with E-state index in [1.54, 1.807) is 12.1 Å². The molecule has 1 N–H and O–H groups in total. The molecule has 0 fully saturated rings. The van der Waals surface area contributed by atoms with Gasteiger partial charge >= 0.3 is 0 Å². The quantitative estimate of drug-likeness (QED) is 0.762.